The molecule has 1 N–H and O–H groups in total. The molecule has 1 atom stereocenters. The van der Waals surface area contributed by atoms with Gasteiger partial charge in [-0.25, -0.2) is 0 Å². The van der Waals surface area contributed by atoms with Crippen molar-refractivity contribution in [3.05, 3.63) is 0 Å². The molecule has 0 spiro atoms. The van der Waals surface area contributed by atoms with Crippen LogP contribution in [0.15, 0.2) is 0 Å². The molecule has 4 heteroatoms. The third-order valence-electron chi connectivity index (χ3n) is 2.78. The van der Waals surface area contributed by atoms with Gasteiger partial charge in [-0.1, -0.05) is 0 Å². The fourth-order valence-electron chi connectivity index (χ4n) is 1.85. The van der Waals surface area contributed by atoms with Crippen molar-refractivity contribution >= 4 is 5.97 Å². The second kappa shape index (κ2) is 5.98. The van der Waals surface area contributed by atoms with Crippen molar-refractivity contribution in [2.24, 2.45) is 5.92 Å². The van der Waals surface area contributed by atoms with Gasteiger partial charge in [-0.05, 0) is 32.4 Å². The van der Waals surface area contributed by atoms with E-state index in [1.807, 2.05) is 0 Å². The number of likely N-dealkylation sites (tertiary alicyclic amines) is 1. The molecule has 0 saturated carbocycles. The lowest BCUT2D eigenvalue weighted by atomic mass is 10.0. The molecule has 14 heavy (non-hydrogen) atoms. The summed E-state index contributed by atoms with van der Waals surface area (Å²) in [7, 11) is 1.69. The molecule has 1 aliphatic rings. The summed E-state index contributed by atoms with van der Waals surface area (Å²) < 4.78 is 5.00. The summed E-state index contributed by atoms with van der Waals surface area (Å²) in [6.07, 6.45) is 2.58. The van der Waals surface area contributed by atoms with E-state index in [4.69, 9.17) is 9.84 Å². The van der Waals surface area contributed by atoms with E-state index in [-0.39, 0.29) is 5.92 Å². The van der Waals surface area contributed by atoms with Crippen molar-refractivity contribution in [3.8, 4) is 0 Å². The van der Waals surface area contributed by atoms with Gasteiger partial charge in [-0.15, -0.1) is 0 Å². The molecule has 1 heterocycles. The molecule has 4 nitrogen and oxygen atoms in total. The van der Waals surface area contributed by atoms with Crippen molar-refractivity contribution < 1.29 is 14.6 Å². The highest BCUT2D eigenvalue weighted by Crippen LogP contribution is 2.17. The highest BCUT2D eigenvalue weighted by Gasteiger charge is 2.21. The normalized spacial score (nSPS) is 24.5. The Morgan fingerprint density at radius 1 is 1.50 bits per heavy atom. The van der Waals surface area contributed by atoms with Gasteiger partial charge in [0.2, 0.25) is 0 Å². The Morgan fingerprint density at radius 2 is 2.29 bits per heavy atom. The van der Waals surface area contributed by atoms with Crippen LogP contribution >= 0.6 is 0 Å². The fraction of sp³-hybridized carbons (Fsp3) is 0.900. The summed E-state index contributed by atoms with van der Waals surface area (Å²) in [6, 6.07) is 0. The number of carboxylic acids is 1. The molecule has 1 saturated heterocycles. The number of ether oxygens (including phenoxy) is 1. The predicted molar refractivity (Wildman–Crippen MR) is 53.3 cm³/mol. The Labute approximate surface area is 84.8 Å². The van der Waals surface area contributed by atoms with Crippen LogP contribution < -0.4 is 0 Å². The van der Waals surface area contributed by atoms with Gasteiger partial charge in [-0.3, -0.25) is 4.79 Å². The lowest BCUT2D eigenvalue weighted by Gasteiger charge is -2.18. The van der Waals surface area contributed by atoms with Crippen molar-refractivity contribution in [3.63, 3.8) is 0 Å². The predicted octanol–water partition coefficient (Wildman–Crippen LogP) is 0.820. The van der Waals surface area contributed by atoms with Crippen LogP contribution in [-0.4, -0.2) is 49.3 Å². The van der Waals surface area contributed by atoms with E-state index < -0.39 is 5.97 Å². The van der Waals surface area contributed by atoms with Crippen LogP contribution in [0.3, 0.4) is 0 Å². The third kappa shape index (κ3) is 3.64. The van der Waals surface area contributed by atoms with Crippen LogP contribution in [0.2, 0.25) is 0 Å². The van der Waals surface area contributed by atoms with Gasteiger partial charge in [0.15, 0.2) is 0 Å². The monoisotopic (exact) mass is 201 g/mol. The molecule has 0 aromatic rings. The van der Waals surface area contributed by atoms with Gasteiger partial charge < -0.3 is 14.7 Å². The van der Waals surface area contributed by atoms with Crippen molar-refractivity contribution in [2.75, 3.05) is 33.4 Å². The molecule has 1 aliphatic heterocycles. The molecule has 0 bridgehead atoms. The molecule has 1 rings (SSSR count). The number of aliphatic carboxylic acids is 1. The van der Waals surface area contributed by atoms with Crippen LogP contribution in [0.1, 0.15) is 19.3 Å². The first-order valence-electron chi connectivity index (χ1n) is 5.18. The minimum absolute atomic E-state index is 0.137. The molecule has 1 fully saturated rings. The summed E-state index contributed by atoms with van der Waals surface area (Å²) in [4.78, 5) is 13.1. The maximum Gasteiger partial charge on any atom is 0.306 e. The second-order valence-corrected chi connectivity index (χ2v) is 3.80. The summed E-state index contributed by atoms with van der Waals surface area (Å²) in [5.74, 6) is -0.777. The second-order valence-electron chi connectivity index (χ2n) is 3.80. The summed E-state index contributed by atoms with van der Waals surface area (Å²) in [5.41, 5.74) is 0. The molecular weight excluding hydrogens is 182 g/mol. The number of carboxylic acid groups (broad SMARTS) is 1. The zero-order valence-corrected chi connectivity index (χ0v) is 8.74. The molecule has 0 aromatic carbocycles. The quantitative estimate of drug-likeness (QED) is 0.731. The van der Waals surface area contributed by atoms with Crippen LogP contribution in [0, 0.1) is 5.92 Å². The van der Waals surface area contributed by atoms with Crippen LogP contribution in [-0.2, 0) is 9.53 Å². The number of nitrogens with zero attached hydrogens (tertiary/aromatic N) is 1. The van der Waals surface area contributed by atoms with E-state index in [0.717, 1.165) is 45.5 Å². The van der Waals surface area contributed by atoms with E-state index in [1.54, 1.807) is 7.11 Å². The average molecular weight is 201 g/mol. The van der Waals surface area contributed by atoms with Crippen LogP contribution in [0.5, 0.6) is 0 Å². The molecule has 0 aliphatic carbocycles. The lowest BCUT2D eigenvalue weighted by Crippen LogP contribution is -2.28. The highest BCUT2D eigenvalue weighted by molar-refractivity contribution is 5.69. The molecular formula is C10H19NO3. The van der Waals surface area contributed by atoms with E-state index >= 15 is 0 Å². The van der Waals surface area contributed by atoms with E-state index in [9.17, 15) is 4.79 Å². The highest BCUT2D eigenvalue weighted by atomic mass is 16.5. The first-order valence-corrected chi connectivity index (χ1v) is 5.18. The largest absolute Gasteiger partial charge is 0.481 e. The Kier molecular flexibility index (Phi) is 4.90. The Balaban J connectivity index is 2.29. The average Bonchev–Trinajstić information content (AvgIpc) is 2.39. The first-order chi connectivity index (χ1) is 6.74. The van der Waals surface area contributed by atoms with Crippen LogP contribution in [0.25, 0.3) is 0 Å². The summed E-state index contributed by atoms with van der Waals surface area (Å²) in [6.45, 7) is 3.55. The number of hydrogen-bond donors (Lipinski definition) is 1. The van der Waals surface area contributed by atoms with Gasteiger partial charge in [0.25, 0.3) is 0 Å². The molecule has 0 aromatic heterocycles. The maximum absolute atomic E-state index is 10.8. The van der Waals surface area contributed by atoms with Gasteiger partial charge in [-0.2, -0.15) is 0 Å². The standard InChI is InChI=1S/C10H19NO3/c1-14-8-7-11-5-2-3-9(4-6-11)10(12)13/h9H,2-8H2,1H3,(H,12,13). The third-order valence-corrected chi connectivity index (χ3v) is 2.78. The molecule has 0 amide bonds. The zero-order valence-electron chi connectivity index (χ0n) is 8.74. The number of rotatable bonds is 4. The summed E-state index contributed by atoms with van der Waals surface area (Å²) in [5, 5.41) is 8.88. The fourth-order valence-corrected chi connectivity index (χ4v) is 1.85. The van der Waals surface area contributed by atoms with E-state index in [0.29, 0.717) is 0 Å². The van der Waals surface area contributed by atoms with E-state index in [2.05, 4.69) is 4.90 Å². The topological polar surface area (TPSA) is 49.8 Å². The van der Waals surface area contributed by atoms with Gasteiger partial charge in [0.1, 0.15) is 0 Å². The summed E-state index contributed by atoms with van der Waals surface area (Å²) >= 11 is 0. The minimum atomic E-state index is -0.640. The lowest BCUT2D eigenvalue weighted by molar-refractivity contribution is -0.142. The van der Waals surface area contributed by atoms with E-state index in [1.165, 1.54) is 0 Å². The minimum Gasteiger partial charge on any atom is -0.481 e. The van der Waals surface area contributed by atoms with Gasteiger partial charge in [0, 0.05) is 13.7 Å². The Morgan fingerprint density at radius 3 is 2.93 bits per heavy atom. The molecule has 0 radical (unpaired) electrons. The van der Waals surface area contributed by atoms with Crippen molar-refractivity contribution in [1.29, 1.82) is 0 Å². The number of methoxy groups -OCH3 is 1. The molecule has 82 valence electrons. The maximum atomic E-state index is 10.8. The van der Waals surface area contributed by atoms with Gasteiger partial charge >= 0.3 is 5.97 Å². The smallest absolute Gasteiger partial charge is 0.306 e. The SMILES string of the molecule is COCCN1CCCC(C(=O)O)CC1. The number of hydrogen-bond acceptors (Lipinski definition) is 3. The molecule has 1 unspecified atom stereocenters. The zero-order chi connectivity index (χ0) is 10.4. The van der Waals surface area contributed by atoms with Crippen molar-refractivity contribution in [1.82, 2.24) is 4.90 Å². The van der Waals surface area contributed by atoms with Crippen LogP contribution in [0.4, 0.5) is 0 Å². The van der Waals surface area contributed by atoms with Gasteiger partial charge in [0.05, 0.1) is 12.5 Å². The Bertz CT molecular complexity index is 184. The first kappa shape index (κ1) is 11.5. The van der Waals surface area contributed by atoms with Crippen molar-refractivity contribution in [2.45, 2.75) is 19.3 Å². The number of carbonyl (C=O) groups is 1. The Hall–Kier alpha value is -0.610.